The highest BCUT2D eigenvalue weighted by Crippen LogP contribution is 2.12. The third-order valence-electron chi connectivity index (χ3n) is 2.33. The molecule has 0 unspecified atom stereocenters. The summed E-state index contributed by atoms with van der Waals surface area (Å²) in [6, 6.07) is 0. The molecule has 19 heavy (non-hydrogen) atoms. The molecule has 1 aromatic heterocycles. The summed E-state index contributed by atoms with van der Waals surface area (Å²) in [5, 5.41) is 18.3. The van der Waals surface area contributed by atoms with Crippen LogP contribution >= 0.6 is 11.8 Å². The van der Waals surface area contributed by atoms with Gasteiger partial charge in [0.1, 0.15) is 0 Å². The van der Waals surface area contributed by atoms with E-state index in [0.717, 1.165) is 25.9 Å². The molecule has 0 saturated carbocycles. The number of aromatic nitrogens is 4. The lowest BCUT2D eigenvalue weighted by atomic mass is 10.5. The van der Waals surface area contributed by atoms with Gasteiger partial charge in [-0.1, -0.05) is 25.6 Å². The van der Waals surface area contributed by atoms with Gasteiger partial charge in [0, 0.05) is 13.1 Å². The lowest BCUT2D eigenvalue weighted by molar-refractivity contribution is -0.118. The Morgan fingerprint density at radius 2 is 2.05 bits per heavy atom. The fraction of sp³-hybridized carbons (Fsp3) is 0.818. The predicted octanol–water partition coefficient (Wildman–Crippen LogP) is 0.291. The van der Waals surface area contributed by atoms with Crippen LogP contribution in [-0.2, 0) is 11.3 Å². The molecule has 0 aliphatic carbocycles. The quantitative estimate of drug-likeness (QED) is 0.475. The number of nitrogens with zero attached hydrogens (tertiary/aromatic N) is 4. The average molecular weight is 286 g/mol. The van der Waals surface area contributed by atoms with Gasteiger partial charge < -0.3 is 10.6 Å². The van der Waals surface area contributed by atoms with E-state index in [0.29, 0.717) is 24.0 Å². The fourth-order valence-corrected chi connectivity index (χ4v) is 2.11. The van der Waals surface area contributed by atoms with Gasteiger partial charge in [0.05, 0.1) is 12.3 Å². The van der Waals surface area contributed by atoms with Crippen LogP contribution in [0.1, 0.15) is 26.7 Å². The summed E-state index contributed by atoms with van der Waals surface area (Å²) in [4.78, 5) is 11.5. The molecular weight excluding hydrogens is 264 g/mol. The highest BCUT2D eigenvalue weighted by atomic mass is 32.2. The minimum absolute atomic E-state index is 0.0190. The summed E-state index contributed by atoms with van der Waals surface area (Å²) in [5.74, 6) is 0.369. The molecule has 0 atom stereocenters. The Hall–Kier alpha value is -1.15. The van der Waals surface area contributed by atoms with E-state index in [9.17, 15) is 4.79 Å². The van der Waals surface area contributed by atoms with Crippen LogP contribution in [0.2, 0.25) is 0 Å². The topological polar surface area (TPSA) is 84.7 Å². The average Bonchev–Trinajstić information content (AvgIpc) is 2.86. The van der Waals surface area contributed by atoms with Crippen LogP contribution < -0.4 is 10.6 Å². The van der Waals surface area contributed by atoms with Gasteiger partial charge in [-0.2, -0.15) is 0 Å². The second kappa shape index (κ2) is 9.74. The zero-order valence-electron chi connectivity index (χ0n) is 11.6. The first-order chi connectivity index (χ1) is 9.27. The first-order valence-corrected chi connectivity index (χ1v) is 7.62. The molecule has 2 N–H and O–H groups in total. The Balaban J connectivity index is 2.29. The van der Waals surface area contributed by atoms with Crippen molar-refractivity contribution in [3.8, 4) is 0 Å². The molecule has 0 saturated heterocycles. The predicted molar refractivity (Wildman–Crippen MR) is 75.0 cm³/mol. The summed E-state index contributed by atoms with van der Waals surface area (Å²) in [6.07, 6.45) is 2.05. The summed E-state index contributed by atoms with van der Waals surface area (Å²) in [7, 11) is 0. The van der Waals surface area contributed by atoms with Gasteiger partial charge in [-0.05, 0) is 29.8 Å². The Labute approximate surface area is 117 Å². The van der Waals surface area contributed by atoms with E-state index in [-0.39, 0.29) is 5.91 Å². The van der Waals surface area contributed by atoms with Gasteiger partial charge in [0.25, 0.3) is 0 Å². The Kier molecular flexibility index (Phi) is 8.15. The molecule has 0 radical (unpaired) electrons. The third kappa shape index (κ3) is 6.53. The van der Waals surface area contributed by atoms with Crippen LogP contribution in [0.15, 0.2) is 5.16 Å². The van der Waals surface area contributed by atoms with E-state index in [4.69, 9.17) is 0 Å². The number of nitrogens with one attached hydrogen (secondary N) is 2. The van der Waals surface area contributed by atoms with Gasteiger partial charge in [-0.15, -0.1) is 5.10 Å². The zero-order chi connectivity index (χ0) is 13.9. The molecule has 0 fully saturated rings. The Morgan fingerprint density at radius 1 is 1.26 bits per heavy atom. The first kappa shape index (κ1) is 15.9. The number of tetrazole rings is 1. The smallest absolute Gasteiger partial charge is 0.230 e. The maximum atomic E-state index is 11.5. The standard InChI is InChI=1S/C11H22N6OS/c1-3-5-12-7-8-17-11(14-15-16-17)19-9-10(18)13-6-4-2/h12H,3-9H2,1-2H3,(H,13,18). The van der Waals surface area contributed by atoms with Crippen molar-refractivity contribution < 1.29 is 4.79 Å². The molecule has 1 amide bonds. The van der Waals surface area contributed by atoms with Crippen LogP contribution in [0.3, 0.4) is 0 Å². The molecule has 8 heteroatoms. The van der Waals surface area contributed by atoms with Gasteiger partial charge in [0.2, 0.25) is 11.1 Å². The summed E-state index contributed by atoms with van der Waals surface area (Å²) in [5.41, 5.74) is 0. The highest BCUT2D eigenvalue weighted by molar-refractivity contribution is 7.99. The van der Waals surface area contributed by atoms with Crippen molar-refractivity contribution in [2.24, 2.45) is 0 Å². The molecule has 1 heterocycles. The van der Waals surface area contributed by atoms with Gasteiger partial charge in [-0.3, -0.25) is 4.79 Å². The maximum Gasteiger partial charge on any atom is 0.230 e. The Morgan fingerprint density at radius 3 is 2.79 bits per heavy atom. The second-order valence-electron chi connectivity index (χ2n) is 4.07. The van der Waals surface area contributed by atoms with Crippen molar-refractivity contribution in [3.63, 3.8) is 0 Å². The number of rotatable bonds is 10. The molecule has 0 aliphatic heterocycles. The van der Waals surface area contributed by atoms with Gasteiger partial charge in [-0.25, -0.2) is 4.68 Å². The number of carbonyl (C=O) groups is 1. The van der Waals surface area contributed by atoms with E-state index >= 15 is 0 Å². The van der Waals surface area contributed by atoms with Gasteiger partial charge >= 0.3 is 0 Å². The molecule has 1 rings (SSSR count). The van der Waals surface area contributed by atoms with Crippen LogP contribution in [-0.4, -0.2) is 51.5 Å². The lowest BCUT2D eigenvalue weighted by Crippen LogP contribution is -2.26. The normalized spacial score (nSPS) is 10.6. The minimum Gasteiger partial charge on any atom is -0.355 e. The van der Waals surface area contributed by atoms with E-state index in [1.807, 2.05) is 6.92 Å². The SMILES string of the molecule is CCCNCCn1nnnc1SCC(=O)NCCC. The van der Waals surface area contributed by atoms with E-state index in [1.165, 1.54) is 11.8 Å². The zero-order valence-corrected chi connectivity index (χ0v) is 12.4. The van der Waals surface area contributed by atoms with E-state index in [2.05, 4.69) is 33.1 Å². The largest absolute Gasteiger partial charge is 0.355 e. The fourth-order valence-electron chi connectivity index (χ4n) is 1.37. The monoisotopic (exact) mass is 286 g/mol. The number of hydrogen-bond acceptors (Lipinski definition) is 6. The number of carbonyl (C=O) groups excluding carboxylic acids is 1. The number of thioether (sulfide) groups is 1. The molecule has 0 aliphatic rings. The van der Waals surface area contributed by atoms with Crippen molar-refractivity contribution in [2.75, 3.05) is 25.4 Å². The number of hydrogen-bond donors (Lipinski definition) is 2. The molecule has 0 spiro atoms. The van der Waals surface area contributed by atoms with Crippen molar-refractivity contribution >= 4 is 17.7 Å². The van der Waals surface area contributed by atoms with Crippen molar-refractivity contribution in [1.29, 1.82) is 0 Å². The van der Waals surface area contributed by atoms with Crippen LogP contribution in [0, 0.1) is 0 Å². The third-order valence-corrected chi connectivity index (χ3v) is 3.29. The van der Waals surface area contributed by atoms with Crippen molar-refractivity contribution in [3.05, 3.63) is 0 Å². The second-order valence-corrected chi connectivity index (χ2v) is 5.02. The van der Waals surface area contributed by atoms with Crippen LogP contribution in [0.4, 0.5) is 0 Å². The molecule has 0 aromatic carbocycles. The molecule has 0 bridgehead atoms. The first-order valence-electron chi connectivity index (χ1n) is 6.64. The summed E-state index contributed by atoms with van der Waals surface area (Å²) in [6.45, 7) is 7.40. The summed E-state index contributed by atoms with van der Waals surface area (Å²) >= 11 is 1.36. The molecular formula is C11H22N6OS. The van der Waals surface area contributed by atoms with Crippen LogP contribution in [0.25, 0.3) is 0 Å². The lowest BCUT2D eigenvalue weighted by Gasteiger charge is -2.05. The number of amides is 1. The summed E-state index contributed by atoms with van der Waals surface area (Å²) < 4.78 is 1.72. The Bertz CT molecular complexity index is 370. The minimum atomic E-state index is 0.0190. The molecule has 108 valence electrons. The highest BCUT2D eigenvalue weighted by Gasteiger charge is 2.09. The van der Waals surface area contributed by atoms with Crippen LogP contribution in [0.5, 0.6) is 0 Å². The maximum absolute atomic E-state index is 11.5. The van der Waals surface area contributed by atoms with E-state index in [1.54, 1.807) is 4.68 Å². The molecule has 1 aromatic rings. The van der Waals surface area contributed by atoms with Crippen molar-refractivity contribution in [2.45, 2.75) is 38.4 Å². The van der Waals surface area contributed by atoms with Gasteiger partial charge in [0.15, 0.2) is 0 Å². The van der Waals surface area contributed by atoms with E-state index < -0.39 is 0 Å². The molecule has 7 nitrogen and oxygen atoms in total. The van der Waals surface area contributed by atoms with Crippen molar-refractivity contribution in [1.82, 2.24) is 30.8 Å².